The van der Waals surface area contributed by atoms with Crippen LogP contribution in [0.5, 0.6) is 0 Å². The van der Waals surface area contributed by atoms with E-state index in [0.717, 1.165) is 16.7 Å². The Morgan fingerprint density at radius 3 is 1.04 bits per heavy atom. The van der Waals surface area contributed by atoms with Gasteiger partial charge in [-0.3, -0.25) is 55.2 Å². The number of hydrogen-bond donors (Lipinski definition) is 8. The lowest BCUT2D eigenvalue weighted by Gasteiger charge is -2.29. The Hall–Kier alpha value is -4.65. The summed E-state index contributed by atoms with van der Waals surface area (Å²) in [5.74, 6) is 14.5. The molecule has 0 aliphatic carbocycles. The summed E-state index contributed by atoms with van der Waals surface area (Å²) in [4.78, 5) is 101. The molecule has 678 valence electrons. The Morgan fingerprint density at radius 1 is 0.649 bits per heavy atom. The number of ketones is 1. The van der Waals surface area contributed by atoms with Gasteiger partial charge in [0.05, 0.1) is 31.8 Å². The molecule has 0 spiro atoms. The van der Waals surface area contributed by atoms with Gasteiger partial charge in [-0.15, -0.1) is 0 Å². The minimum atomic E-state index is -3.27. The van der Waals surface area contributed by atoms with Crippen molar-refractivity contribution in [2.75, 3.05) is 0 Å². The molecule has 0 fully saturated rings. The first-order chi connectivity index (χ1) is 49.4. The third kappa shape index (κ3) is 142. The standard InChI is InChI=1S/C9H13NS2.C8H11NO2.C7H15NO.C6H13NO.C6H12O2S.C6H12O.C6H14.C5H12N2O.C5H9NO.C5H9NS.C5H10O.C4H12N2.C4H11NO.C4H11N.C3H7ClO2S/c1-9(2,3)12-11-8-6-4-5-7-10-8;1-8(2,3)9-6(10)4-5-7(9)11;1-5-6(9)8-7(2,3)4;1-5(8)7-6(2,3)4;1-5-9(7,8)6(2,3)4;1-5(7)6(2,3)4;1-5-6(2,3)4;1-5(2,3)4(8)7-6;2*1-5(2,3)6-4-7;1-5(2,3)4-6;2*1-4(2,3)6-5;1-4(2,3)5;1-3(2)7(4,5)6/h4-7H,1-3H3;4-5H,1-3H3;5H2,1-4H3,(H,8,9);1-4H3,(H,7,8);5H,1H2,2-4H3;1-4H3;5H2,1-4H3;6H2,1-3H3,(H,7,8);2*1-3H3;4H,1-3H3;6H,5H2,1-3H3;5H2,1-3H3;5H2,1-3H3;3H,1-2H3. The van der Waals surface area contributed by atoms with Crippen molar-refractivity contribution in [3.05, 3.63) is 48.5 Å². The summed E-state index contributed by atoms with van der Waals surface area (Å²) in [6.07, 6.45) is 8.68. The van der Waals surface area contributed by atoms with E-state index in [2.05, 4.69) is 114 Å². The van der Waals surface area contributed by atoms with Crippen LogP contribution in [0.2, 0.25) is 0 Å². The first-order valence-corrected chi connectivity index (χ1v) is 43.9. The smallest absolute Gasteiger partial charge is 0.254 e. The maximum absolute atomic E-state index is 11.0. The number of thiocarbonyl (C=S) groups is 1. The van der Waals surface area contributed by atoms with E-state index in [1.807, 2.05) is 250 Å². The first-order valence-electron chi connectivity index (χ1n) is 37.5. The number of sulfone groups is 1. The fourth-order valence-electron chi connectivity index (χ4n) is 3.40. The van der Waals surface area contributed by atoms with E-state index in [4.69, 9.17) is 34.0 Å². The number of rotatable bonds is 5. The summed E-state index contributed by atoms with van der Waals surface area (Å²) in [5, 5.41) is 9.50. The molecule has 0 aromatic carbocycles. The highest BCUT2D eigenvalue weighted by Gasteiger charge is 2.33. The highest BCUT2D eigenvalue weighted by Crippen LogP contribution is 2.39. The van der Waals surface area contributed by atoms with Gasteiger partial charge in [-0.2, -0.15) is 0 Å². The minimum absolute atomic E-state index is 0. The van der Waals surface area contributed by atoms with E-state index in [-0.39, 0.29) is 90.4 Å². The number of nitrogens with zero attached hydrogens (tertiary/aromatic N) is 4. The normalized spacial score (nSPS) is 12.2. The molecule has 0 radical (unpaired) electrons. The Kier molecular flexibility index (Phi) is 76.9. The summed E-state index contributed by atoms with van der Waals surface area (Å²) >= 11 is 4.38. The van der Waals surface area contributed by atoms with Crippen molar-refractivity contribution in [3.63, 3.8) is 0 Å². The topological polar surface area (TPSA) is 407 Å². The van der Waals surface area contributed by atoms with Crippen LogP contribution in [0.3, 0.4) is 0 Å². The number of aliphatic imine (C=N–C) groups is 2. The Morgan fingerprint density at radius 2 is 0.965 bits per heavy atom. The number of carbonyl (C=O) groups is 7. The van der Waals surface area contributed by atoms with Gasteiger partial charge in [0.15, 0.2) is 9.84 Å². The van der Waals surface area contributed by atoms with Gasteiger partial charge in [-0.05, 0) is 248 Å². The molecule has 12 N–H and O–H groups in total. The molecule has 31 heteroatoms. The summed E-state index contributed by atoms with van der Waals surface area (Å²) < 4.78 is 41.6. The third-order valence-electron chi connectivity index (χ3n) is 10.3. The SMILES string of the molecule is C=CS(=O)(=O)C(C)(C)C.CC(=O)C(C)(C)C.CC(=O)NC(C)(C)C.CC(C)(C)C(=O)NN.CC(C)(C)C=O.CC(C)(C)N.CC(C)(C)N1C(=O)C=CC1=O.CC(C)(C)N=C=O.CC(C)(C)N=C=S.CC(C)(C)NN.CC(C)(C)ON.CC(C)(C)SSc1ccccn1.CC(C)S(=O)(=O)Cl.CCC(=O)NC(C)(C)C.CCC(C)(C)C. The van der Waals surface area contributed by atoms with Crippen LogP contribution in [0.4, 0.5) is 0 Å². The predicted octanol–water partition coefficient (Wildman–Crippen LogP) is 18.9. The number of pyridine rings is 1. The number of Topliss-reactive ketones (excluding diaryl/α,β-unsaturated/α-hetero) is 1. The molecule has 5 amide bonds. The molecule has 1 aliphatic heterocycles. The van der Waals surface area contributed by atoms with Gasteiger partial charge in [0, 0.05) is 96.5 Å². The summed E-state index contributed by atoms with van der Waals surface area (Å²) in [6, 6.07) is 5.98. The molecule has 1 aromatic rings. The van der Waals surface area contributed by atoms with Crippen LogP contribution in [0.1, 0.15) is 345 Å². The van der Waals surface area contributed by atoms with Gasteiger partial charge in [0.25, 0.3) is 11.8 Å². The van der Waals surface area contributed by atoms with Gasteiger partial charge in [-0.25, -0.2) is 48.3 Å². The number of isothiocyanates is 1. The second-order valence-electron chi connectivity index (χ2n) is 40.1. The molecule has 2 heterocycles. The number of aromatic nitrogens is 1. The molecule has 0 atom stereocenters. The molecule has 1 aromatic heterocycles. The zero-order valence-electron chi connectivity index (χ0n) is 80.6. The molecule has 114 heavy (non-hydrogen) atoms. The lowest BCUT2D eigenvalue weighted by Crippen LogP contribution is -2.45. The molecule has 0 saturated carbocycles. The van der Waals surface area contributed by atoms with Crippen LogP contribution in [0.15, 0.2) is 63.5 Å². The molecule has 2 rings (SSSR count). The largest absolute Gasteiger partial charge is 0.352 e. The third-order valence-corrected chi connectivity index (χ3v) is 18.0. The number of isocyanates is 1. The molecular weight excluding hydrogens is 1570 g/mol. The van der Waals surface area contributed by atoms with Crippen LogP contribution in [-0.2, 0) is 62.1 Å². The van der Waals surface area contributed by atoms with Crippen molar-refractivity contribution in [2.24, 2.45) is 55.0 Å². The molecule has 0 saturated heterocycles. The van der Waals surface area contributed by atoms with Crippen molar-refractivity contribution < 1.29 is 60.0 Å². The average Bonchev–Trinajstić information content (AvgIpc) is 1.66. The van der Waals surface area contributed by atoms with Crippen molar-refractivity contribution in [1.82, 2.24) is 31.4 Å². The van der Waals surface area contributed by atoms with Crippen LogP contribution in [-0.4, -0.2) is 139 Å². The Labute approximate surface area is 715 Å². The van der Waals surface area contributed by atoms with Crippen LogP contribution in [0.25, 0.3) is 0 Å². The number of hydrogen-bond acceptors (Lipinski definition) is 24. The van der Waals surface area contributed by atoms with E-state index in [9.17, 15) is 55.2 Å². The molecule has 0 unspecified atom stereocenters. The van der Waals surface area contributed by atoms with Crippen molar-refractivity contribution in [2.45, 2.75) is 409 Å². The zero-order valence-corrected chi connectivity index (χ0v) is 85.5. The summed E-state index contributed by atoms with van der Waals surface area (Å²) in [6.45, 7) is 94.8. The predicted molar refractivity (Wildman–Crippen MR) is 495 cm³/mol. The number of carbonyl (C=O) groups excluding carboxylic acids is 8. The van der Waals surface area contributed by atoms with Gasteiger partial charge < -0.3 is 21.2 Å². The number of aldehydes is 1. The van der Waals surface area contributed by atoms with Crippen molar-refractivity contribution in [3.8, 4) is 0 Å². The number of nitrogens with one attached hydrogen (secondary N) is 4. The lowest BCUT2D eigenvalue weighted by atomic mass is 9.92. The number of nitrogens with two attached hydrogens (primary N) is 4. The lowest BCUT2D eigenvalue weighted by molar-refractivity contribution is -0.142. The molecule has 25 nitrogen and oxygen atoms in total. The Bertz CT molecular complexity index is 3030. The maximum Gasteiger partial charge on any atom is 0.254 e. The van der Waals surface area contributed by atoms with E-state index < -0.39 is 34.4 Å². The van der Waals surface area contributed by atoms with E-state index >= 15 is 0 Å². The fraction of sp³-hybridized carbons (Fsp3) is 0.783. The quantitative estimate of drug-likeness (QED) is 0.0130. The van der Waals surface area contributed by atoms with Crippen molar-refractivity contribution >= 4 is 116 Å². The number of amides is 5. The number of halogens is 1. The average molecular weight is 1740 g/mol. The first kappa shape index (κ1) is 138. The molecule has 0 bridgehead atoms. The van der Waals surface area contributed by atoms with E-state index in [1.54, 1.807) is 59.3 Å². The summed E-state index contributed by atoms with van der Waals surface area (Å²) in [7, 11) is 2.07. The van der Waals surface area contributed by atoms with Gasteiger partial charge >= 0.3 is 0 Å². The minimum Gasteiger partial charge on any atom is -0.352 e. The van der Waals surface area contributed by atoms with Crippen molar-refractivity contribution in [1.29, 1.82) is 0 Å². The number of imide groups is 1. The van der Waals surface area contributed by atoms with Gasteiger partial charge in [-0.1, -0.05) is 148 Å². The molecule has 1 aliphatic rings. The van der Waals surface area contributed by atoms with E-state index in [0.29, 0.717) is 16.6 Å². The highest BCUT2D eigenvalue weighted by atomic mass is 35.7. The van der Waals surface area contributed by atoms with E-state index in [1.165, 1.54) is 50.3 Å². The van der Waals surface area contributed by atoms with Crippen LogP contribution < -0.4 is 44.8 Å². The van der Waals surface area contributed by atoms with Gasteiger partial charge in [0.1, 0.15) is 17.1 Å². The molecular formula is C83H171ClN12O13S5. The van der Waals surface area contributed by atoms with Crippen LogP contribution >= 0.6 is 44.5 Å². The Balaban J connectivity index is -0.0000000877. The summed E-state index contributed by atoms with van der Waals surface area (Å²) in [5.41, 5.74) is 8.96. The monoisotopic (exact) mass is 1740 g/mol. The zero-order chi connectivity index (χ0) is 95.8. The fourth-order valence-corrected chi connectivity index (χ4v) is 6.05. The second-order valence-corrected chi connectivity index (χ2v) is 49.1. The van der Waals surface area contributed by atoms with Gasteiger partial charge in [0.2, 0.25) is 32.9 Å². The maximum atomic E-state index is 11.0. The number of hydrazine groups is 2. The second kappa shape index (κ2) is 63.4. The highest BCUT2D eigenvalue weighted by molar-refractivity contribution is 8.77. The van der Waals surface area contributed by atoms with Crippen LogP contribution in [0, 0.1) is 21.7 Å².